The van der Waals surface area contributed by atoms with Crippen molar-refractivity contribution in [3.8, 4) is 28.7 Å². The van der Waals surface area contributed by atoms with Crippen molar-refractivity contribution in [2.45, 2.75) is 11.8 Å². The molecule has 150 valence electrons. The molecular formula is C20H19N3O5S. The number of carbonyl (C=O) groups excluding carboxylic acids is 1. The zero-order valence-corrected chi connectivity index (χ0v) is 16.8. The number of hydrogen-bond acceptors (Lipinski definition) is 8. The molecule has 2 heterocycles. The Morgan fingerprint density at radius 3 is 2.90 bits per heavy atom. The molecule has 0 bridgehead atoms. The van der Waals surface area contributed by atoms with Crippen molar-refractivity contribution >= 4 is 17.7 Å². The molecule has 0 saturated carbocycles. The molecule has 1 aromatic heterocycles. The summed E-state index contributed by atoms with van der Waals surface area (Å²) < 4.78 is 21.5. The molecule has 0 unspecified atom stereocenters. The highest BCUT2D eigenvalue weighted by Crippen LogP contribution is 2.36. The Hall–Kier alpha value is -3.20. The molecule has 1 aliphatic rings. The predicted molar refractivity (Wildman–Crippen MR) is 106 cm³/mol. The van der Waals surface area contributed by atoms with Gasteiger partial charge >= 0.3 is 0 Å². The van der Waals surface area contributed by atoms with Gasteiger partial charge in [0.15, 0.2) is 11.5 Å². The Balaban J connectivity index is 1.33. The minimum atomic E-state index is -0.0411. The molecule has 0 saturated heterocycles. The Morgan fingerprint density at radius 1 is 1.17 bits per heavy atom. The molecule has 0 aliphatic carbocycles. The molecule has 4 rings (SSSR count). The summed E-state index contributed by atoms with van der Waals surface area (Å²) in [7, 11) is 3.38. The number of ether oxygens (including phenoxy) is 3. The number of nitrogens with zero attached hydrogens (tertiary/aromatic N) is 3. The van der Waals surface area contributed by atoms with Crippen molar-refractivity contribution < 1.29 is 23.4 Å². The quantitative estimate of drug-likeness (QED) is 0.546. The van der Waals surface area contributed by atoms with Crippen LogP contribution in [0, 0.1) is 0 Å². The monoisotopic (exact) mass is 413 g/mol. The van der Waals surface area contributed by atoms with E-state index >= 15 is 0 Å². The predicted octanol–water partition coefficient (Wildman–Crippen LogP) is 3.22. The van der Waals surface area contributed by atoms with Crippen LogP contribution in [-0.4, -0.2) is 47.7 Å². The first-order chi connectivity index (χ1) is 14.1. The van der Waals surface area contributed by atoms with Gasteiger partial charge in [-0.3, -0.25) is 4.79 Å². The van der Waals surface area contributed by atoms with Crippen molar-refractivity contribution in [3.05, 3.63) is 48.0 Å². The summed E-state index contributed by atoms with van der Waals surface area (Å²) in [4.78, 5) is 14.1. The molecule has 1 aliphatic heterocycles. The number of rotatable bonds is 7. The Labute approximate surface area is 171 Å². The van der Waals surface area contributed by atoms with Crippen molar-refractivity contribution in [2.75, 3.05) is 26.7 Å². The first-order valence-corrected chi connectivity index (χ1v) is 9.84. The summed E-state index contributed by atoms with van der Waals surface area (Å²) in [6, 6.07) is 13.0. The highest BCUT2D eigenvalue weighted by Gasteiger charge is 2.18. The van der Waals surface area contributed by atoms with Crippen LogP contribution in [0.15, 0.2) is 52.1 Å². The van der Waals surface area contributed by atoms with E-state index in [-0.39, 0.29) is 18.5 Å². The van der Waals surface area contributed by atoms with Crippen LogP contribution in [0.4, 0.5) is 0 Å². The van der Waals surface area contributed by atoms with E-state index in [4.69, 9.17) is 18.6 Å². The van der Waals surface area contributed by atoms with E-state index in [1.165, 1.54) is 11.8 Å². The van der Waals surface area contributed by atoms with E-state index in [0.717, 1.165) is 16.9 Å². The van der Waals surface area contributed by atoms with Gasteiger partial charge < -0.3 is 23.5 Å². The molecule has 0 radical (unpaired) electrons. The number of aromatic nitrogens is 2. The standard InChI is InChI=1S/C20H19N3O5S/c1-23(10-13-4-3-5-15(8-13)25-2)18(24)11-29-20-22-21-19(28-20)14-6-7-16-17(9-14)27-12-26-16/h3-9H,10-12H2,1-2H3. The smallest absolute Gasteiger partial charge is 0.277 e. The lowest BCUT2D eigenvalue weighted by Gasteiger charge is -2.17. The number of carbonyl (C=O) groups is 1. The Morgan fingerprint density at radius 2 is 2.03 bits per heavy atom. The Bertz CT molecular complexity index is 1020. The third-order valence-electron chi connectivity index (χ3n) is 4.32. The molecule has 0 spiro atoms. The van der Waals surface area contributed by atoms with E-state index in [1.807, 2.05) is 30.3 Å². The molecule has 3 aromatic rings. The number of methoxy groups -OCH3 is 1. The maximum absolute atomic E-state index is 12.4. The SMILES string of the molecule is COc1cccc(CN(C)C(=O)CSc2nnc(-c3ccc4c(c3)OCO4)o2)c1. The van der Waals surface area contributed by atoms with Crippen LogP contribution < -0.4 is 14.2 Å². The van der Waals surface area contributed by atoms with E-state index in [0.29, 0.717) is 29.2 Å². The second kappa shape index (κ2) is 8.44. The first kappa shape index (κ1) is 19.1. The maximum atomic E-state index is 12.4. The summed E-state index contributed by atoms with van der Waals surface area (Å²) in [6.07, 6.45) is 0. The summed E-state index contributed by atoms with van der Waals surface area (Å²) in [5.41, 5.74) is 1.73. The summed E-state index contributed by atoms with van der Waals surface area (Å²) in [6.45, 7) is 0.692. The van der Waals surface area contributed by atoms with Gasteiger partial charge in [-0.05, 0) is 35.9 Å². The summed E-state index contributed by atoms with van der Waals surface area (Å²) in [5.74, 6) is 2.61. The van der Waals surface area contributed by atoms with E-state index < -0.39 is 0 Å². The first-order valence-electron chi connectivity index (χ1n) is 8.85. The van der Waals surface area contributed by atoms with Gasteiger partial charge in [-0.2, -0.15) is 0 Å². The minimum absolute atomic E-state index is 0.0411. The molecular weight excluding hydrogens is 394 g/mol. The van der Waals surface area contributed by atoms with Gasteiger partial charge in [-0.25, -0.2) is 0 Å². The molecule has 0 atom stereocenters. The zero-order chi connectivity index (χ0) is 20.2. The molecule has 0 fully saturated rings. The number of thioether (sulfide) groups is 1. The van der Waals surface area contributed by atoms with Crippen molar-refractivity contribution in [3.63, 3.8) is 0 Å². The average Bonchev–Trinajstić information content (AvgIpc) is 3.40. The van der Waals surface area contributed by atoms with Crippen LogP contribution in [0.25, 0.3) is 11.5 Å². The molecule has 29 heavy (non-hydrogen) atoms. The lowest BCUT2D eigenvalue weighted by atomic mass is 10.2. The van der Waals surface area contributed by atoms with Gasteiger partial charge in [0.1, 0.15) is 5.75 Å². The average molecular weight is 413 g/mol. The second-order valence-electron chi connectivity index (χ2n) is 6.33. The number of benzene rings is 2. The highest BCUT2D eigenvalue weighted by atomic mass is 32.2. The third kappa shape index (κ3) is 4.45. The Kier molecular flexibility index (Phi) is 5.57. The van der Waals surface area contributed by atoms with Crippen LogP contribution in [0.1, 0.15) is 5.56 Å². The van der Waals surface area contributed by atoms with Crippen molar-refractivity contribution in [1.29, 1.82) is 0 Å². The minimum Gasteiger partial charge on any atom is -0.497 e. The van der Waals surface area contributed by atoms with Crippen molar-refractivity contribution in [1.82, 2.24) is 15.1 Å². The van der Waals surface area contributed by atoms with Gasteiger partial charge in [0, 0.05) is 19.2 Å². The van der Waals surface area contributed by atoms with Gasteiger partial charge in [0.05, 0.1) is 12.9 Å². The third-order valence-corrected chi connectivity index (χ3v) is 5.13. The van der Waals surface area contributed by atoms with Crippen molar-refractivity contribution in [2.24, 2.45) is 0 Å². The maximum Gasteiger partial charge on any atom is 0.277 e. The van der Waals surface area contributed by atoms with Gasteiger partial charge in [-0.15, -0.1) is 10.2 Å². The zero-order valence-electron chi connectivity index (χ0n) is 16.0. The van der Waals surface area contributed by atoms with Crippen LogP contribution in [-0.2, 0) is 11.3 Å². The lowest BCUT2D eigenvalue weighted by molar-refractivity contribution is -0.127. The topological polar surface area (TPSA) is 86.9 Å². The van der Waals surface area contributed by atoms with E-state index in [1.54, 1.807) is 31.2 Å². The molecule has 1 amide bonds. The fourth-order valence-electron chi connectivity index (χ4n) is 2.78. The molecule has 2 aromatic carbocycles. The van der Waals surface area contributed by atoms with Crippen LogP contribution in [0.3, 0.4) is 0 Å². The highest BCUT2D eigenvalue weighted by molar-refractivity contribution is 7.99. The summed E-state index contributed by atoms with van der Waals surface area (Å²) >= 11 is 1.20. The molecule has 9 heteroatoms. The van der Waals surface area contributed by atoms with Crippen LogP contribution >= 0.6 is 11.8 Å². The van der Waals surface area contributed by atoms with E-state index in [9.17, 15) is 4.79 Å². The number of hydrogen-bond donors (Lipinski definition) is 0. The number of amides is 1. The van der Waals surface area contributed by atoms with Crippen LogP contribution in [0.2, 0.25) is 0 Å². The summed E-state index contributed by atoms with van der Waals surface area (Å²) in [5, 5.41) is 8.39. The number of fused-ring (bicyclic) bond motifs is 1. The molecule has 8 nitrogen and oxygen atoms in total. The second-order valence-corrected chi connectivity index (χ2v) is 7.26. The fraction of sp³-hybridized carbons (Fsp3) is 0.250. The largest absolute Gasteiger partial charge is 0.497 e. The normalized spacial score (nSPS) is 12.1. The van der Waals surface area contributed by atoms with Gasteiger partial charge in [0.25, 0.3) is 5.22 Å². The fourth-order valence-corrected chi connectivity index (χ4v) is 3.48. The van der Waals surface area contributed by atoms with Gasteiger partial charge in [-0.1, -0.05) is 23.9 Å². The van der Waals surface area contributed by atoms with Crippen LogP contribution in [0.5, 0.6) is 17.2 Å². The molecule has 0 N–H and O–H groups in total. The lowest BCUT2D eigenvalue weighted by Crippen LogP contribution is -2.27. The van der Waals surface area contributed by atoms with E-state index in [2.05, 4.69) is 10.2 Å². The van der Waals surface area contributed by atoms with Gasteiger partial charge in [0.2, 0.25) is 18.6 Å².